The van der Waals surface area contributed by atoms with Gasteiger partial charge in [-0.1, -0.05) is 18.2 Å². The normalized spacial score (nSPS) is 15.8. The van der Waals surface area contributed by atoms with Crippen molar-refractivity contribution in [3.63, 3.8) is 0 Å². The van der Waals surface area contributed by atoms with Crippen LogP contribution in [0.3, 0.4) is 0 Å². The van der Waals surface area contributed by atoms with Crippen molar-refractivity contribution in [2.75, 3.05) is 23.1 Å². The Morgan fingerprint density at radius 2 is 2.05 bits per heavy atom. The fourth-order valence-corrected chi connectivity index (χ4v) is 3.80. The number of rotatable bonds is 4. The van der Waals surface area contributed by atoms with E-state index in [1.165, 1.54) is 4.31 Å². The van der Waals surface area contributed by atoms with Crippen LogP contribution in [-0.2, 0) is 16.4 Å². The summed E-state index contributed by atoms with van der Waals surface area (Å²) < 4.78 is 26.4. The number of anilines is 1. The number of para-hydroxylation sites is 1. The van der Waals surface area contributed by atoms with Crippen molar-refractivity contribution in [2.45, 2.75) is 32.7 Å². The van der Waals surface area contributed by atoms with Crippen LogP contribution >= 0.6 is 0 Å². The third-order valence-electron chi connectivity index (χ3n) is 3.31. The summed E-state index contributed by atoms with van der Waals surface area (Å²) >= 11 is 0. The molecule has 0 atom stereocenters. The number of nitrogens with one attached hydrogen (secondary N) is 1. The van der Waals surface area contributed by atoms with Crippen LogP contribution in [0.1, 0.15) is 26.3 Å². The molecule has 0 saturated heterocycles. The number of guanidine groups is 1. The number of hydrogen-bond acceptors (Lipinski definition) is 3. The molecular formula is C15H24N4O2S. The first-order chi connectivity index (χ1) is 10.2. The molecule has 0 radical (unpaired) electrons. The number of hydrogen-bond donors (Lipinski definition) is 2. The maximum absolute atomic E-state index is 12.5. The van der Waals surface area contributed by atoms with Crippen LogP contribution < -0.4 is 15.4 Å². The lowest BCUT2D eigenvalue weighted by molar-refractivity contribution is 0.508. The average molecular weight is 324 g/mol. The van der Waals surface area contributed by atoms with Gasteiger partial charge in [0.2, 0.25) is 10.0 Å². The molecule has 0 amide bonds. The Balaban J connectivity index is 2.00. The van der Waals surface area contributed by atoms with Crippen molar-refractivity contribution in [3.05, 3.63) is 29.8 Å². The van der Waals surface area contributed by atoms with Crippen LogP contribution in [0.25, 0.3) is 0 Å². The fraction of sp³-hybridized carbons (Fsp3) is 0.533. The van der Waals surface area contributed by atoms with Crippen LogP contribution in [0, 0.1) is 0 Å². The Bertz CT molecular complexity index is 662. The molecule has 1 heterocycles. The molecule has 1 aromatic rings. The lowest BCUT2D eigenvalue weighted by atomic mass is 10.1. The van der Waals surface area contributed by atoms with E-state index in [1.807, 2.05) is 45.0 Å². The van der Waals surface area contributed by atoms with Gasteiger partial charge in [0, 0.05) is 12.1 Å². The molecule has 0 spiro atoms. The summed E-state index contributed by atoms with van der Waals surface area (Å²) in [6.45, 7) is 6.55. The number of sulfonamides is 1. The van der Waals surface area contributed by atoms with Crippen molar-refractivity contribution >= 4 is 21.7 Å². The van der Waals surface area contributed by atoms with E-state index in [0.29, 0.717) is 6.54 Å². The number of nitrogens with zero attached hydrogens (tertiary/aromatic N) is 2. The quantitative estimate of drug-likeness (QED) is 0.641. The molecule has 1 aliphatic rings. The SMILES string of the molecule is CC(C)(C)NC(N)=NCCS(=O)(=O)N1CCc2ccccc21. The van der Waals surface area contributed by atoms with Gasteiger partial charge in [-0.15, -0.1) is 0 Å². The van der Waals surface area contributed by atoms with Crippen LogP contribution in [0.15, 0.2) is 29.3 Å². The zero-order chi connectivity index (χ0) is 16.4. The smallest absolute Gasteiger partial charge is 0.237 e. The Morgan fingerprint density at radius 3 is 2.73 bits per heavy atom. The minimum Gasteiger partial charge on any atom is -0.370 e. The highest BCUT2D eigenvalue weighted by atomic mass is 32.2. The van der Waals surface area contributed by atoms with E-state index in [9.17, 15) is 8.42 Å². The topological polar surface area (TPSA) is 87.8 Å². The predicted molar refractivity (Wildman–Crippen MR) is 90.7 cm³/mol. The summed E-state index contributed by atoms with van der Waals surface area (Å²) in [5.74, 6) is 0.220. The van der Waals surface area contributed by atoms with E-state index < -0.39 is 10.0 Å². The molecule has 0 bridgehead atoms. The first-order valence-corrected chi connectivity index (χ1v) is 8.96. The lowest BCUT2D eigenvalue weighted by Crippen LogP contribution is -2.45. The summed E-state index contributed by atoms with van der Waals surface area (Å²) in [5.41, 5.74) is 7.41. The van der Waals surface area contributed by atoms with E-state index in [2.05, 4.69) is 10.3 Å². The van der Waals surface area contributed by atoms with Crippen LogP contribution in [0.4, 0.5) is 5.69 Å². The molecule has 0 fully saturated rings. The van der Waals surface area contributed by atoms with Crippen LogP contribution in [0.5, 0.6) is 0 Å². The van der Waals surface area contributed by atoms with Crippen molar-refractivity contribution < 1.29 is 8.42 Å². The minimum atomic E-state index is -3.37. The van der Waals surface area contributed by atoms with Crippen LogP contribution in [-0.4, -0.2) is 38.8 Å². The second kappa shape index (κ2) is 6.16. The van der Waals surface area contributed by atoms with Crippen molar-refractivity contribution in [2.24, 2.45) is 10.7 Å². The molecule has 0 aromatic heterocycles. The second-order valence-electron chi connectivity index (χ2n) is 6.41. The zero-order valence-electron chi connectivity index (χ0n) is 13.3. The highest BCUT2D eigenvalue weighted by molar-refractivity contribution is 7.92. The monoisotopic (exact) mass is 324 g/mol. The Hall–Kier alpha value is -1.76. The van der Waals surface area contributed by atoms with Gasteiger partial charge in [-0.25, -0.2) is 8.42 Å². The molecule has 3 N–H and O–H groups in total. The minimum absolute atomic E-state index is 0.0478. The highest BCUT2D eigenvalue weighted by Gasteiger charge is 2.28. The maximum atomic E-state index is 12.5. The van der Waals surface area contributed by atoms with E-state index in [4.69, 9.17) is 5.73 Å². The van der Waals surface area contributed by atoms with Crippen LogP contribution in [0.2, 0.25) is 0 Å². The fourth-order valence-electron chi connectivity index (χ4n) is 2.41. The van der Waals surface area contributed by atoms with Gasteiger partial charge in [-0.3, -0.25) is 9.30 Å². The highest BCUT2D eigenvalue weighted by Crippen LogP contribution is 2.29. The molecule has 122 valence electrons. The summed E-state index contributed by atoms with van der Waals surface area (Å²) in [7, 11) is -3.37. The first kappa shape index (κ1) is 16.6. The molecule has 1 aliphatic heterocycles. The molecule has 7 heteroatoms. The Morgan fingerprint density at radius 1 is 1.36 bits per heavy atom. The number of fused-ring (bicyclic) bond motifs is 1. The van der Waals surface area contributed by atoms with Crippen molar-refractivity contribution in [1.82, 2.24) is 5.32 Å². The van der Waals surface area contributed by atoms with Gasteiger partial charge >= 0.3 is 0 Å². The lowest BCUT2D eigenvalue weighted by Gasteiger charge is -2.21. The summed E-state index contributed by atoms with van der Waals surface area (Å²) in [5, 5.41) is 3.01. The first-order valence-electron chi connectivity index (χ1n) is 7.35. The van der Waals surface area contributed by atoms with Gasteiger partial charge in [0.05, 0.1) is 18.0 Å². The van der Waals surface area contributed by atoms with E-state index >= 15 is 0 Å². The molecule has 2 rings (SSSR count). The molecule has 22 heavy (non-hydrogen) atoms. The van der Waals surface area contributed by atoms with Crippen molar-refractivity contribution in [1.29, 1.82) is 0 Å². The van der Waals surface area contributed by atoms with Gasteiger partial charge in [0.15, 0.2) is 5.96 Å². The van der Waals surface area contributed by atoms with Gasteiger partial charge in [-0.2, -0.15) is 0 Å². The molecule has 0 unspecified atom stereocenters. The van der Waals surface area contributed by atoms with E-state index in [0.717, 1.165) is 17.7 Å². The van der Waals surface area contributed by atoms with E-state index in [-0.39, 0.29) is 23.8 Å². The van der Waals surface area contributed by atoms with Gasteiger partial charge < -0.3 is 11.1 Å². The Labute approximate surface area is 132 Å². The van der Waals surface area contributed by atoms with Gasteiger partial charge in [-0.05, 0) is 38.8 Å². The zero-order valence-corrected chi connectivity index (χ0v) is 14.2. The summed E-state index contributed by atoms with van der Waals surface area (Å²) in [6.07, 6.45) is 0.756. The third-order valence-corrected chi connectivity index (χ3v) is 5.06. The maximum Gasteiger partial charge on any atom is 0.237 e. The summed E-state index contributed by atoms with van der Waals surface area (Å²) in [6, 6.07) is 7.60. The van der Waals surface area contributed by atoms with Gasteiger partial charge in [0.1, 0.15) is 0 Å². The van der Waals surface area contributed by atoms with Crippen molar-refractivity contribution in [3.8, 4) is 0 Å². The standard InChI is InChI=1S/C15H24N4O2S/c1-15(2,3)18-14(16)17-9-11-22(20,21)19-10-8-12-6-4-5-7-13(12)19/h4-7H,8-11H2,1-3H3,(H3,16,17,18). The second-order valence-corrected chi connectivity index (χ2v) is 8.42. The largest absolute Gasteiger partial charge is 0.370 e. The summed E-state index contributed by atoms with van der Waals surface area (Å²) in [4.78, 5) is 4.10. The molecular weight excluding hydrogens is 300 g/mol. The molecule has 0 saturated carbocycles. The average Bonchev–Trinajstić information content (AvgIpc) is 2.80. The third kappa shape index (κ3) is 4.13. The molecule has 0 aliphatic carbocycles. The predicted octanol–water partition coefficient (Wildman–Crippen LogP) is 1.08. The number of nitrogens with two attached hydrogens (primary N) is 1. The number of aliphatic imine (C=N–C) groups is 1. The van der Waals surface area contributed by atoms with Gasteiger partial charge in [0.25, 0.3) is 0 Å². The molecule has 6 nitrogen and oxygen atoms in total. The number of benzene rings is 1. The Kier molecular flexibility index (Phi) is 4.65. The molecule has 1 aromatic carbocycles. The van der Waals surface area contributed by atoms with E-state index in [1.54, 1.807) is 0 Å².